The molecule has 0 saturated heterocycles. The van der Waals surface area contributed by atoms with Gasteiger partial charge in [-0.3, -0.25) is 43.1 Å². The second-order valence-corrected chi connectivity index (χ2v) is 7.72. The van der Waals surface area contributed by atoms with Crippen molar-refractivity contribution in [3.05, 3.63) is 33.1 Å². The number of carbonyl (C=O) groups is 6. The maximum absolute atomic E-state index is 12.2. The van der Waals surface area contributed by atoms with Gasteiger partial charge in [-0.15, -0.1) is 0 Å². The quantitative estimate of drug-likeness (QED) is 0.115. The number of nitrogens with zero attached hydrogens (tertiary/aromatic N) is 2. The number of hydrazone groups is 1. The first-order valence-corrected chi connectivity index (χ1v) is 11.1. The second-order valence-electron chi connectivity index (χ2n) is 7.72. The van der Waals surface area contributed by atoms with Gasteiger partial charge in [0.2, 0.25) is 0 Å². The van der Waals surface area contributed by atoms with Gasteiger partial charge in [0.15, 0.2) is 24.4 Å². The zero-order chi connectivity index (χ0) is 29.7. The molecule has 1 aromatic heterocycles. The lowest BCUT2D eigenvalue weighted by molar-refractivity contribution is -0.197. The van der Waals surface area contributed by atoms with E-state index in [1.165, 1.54) is 0 Å². The van der Waals surface area contributed by atoms with Crippen LogP contribution in [-0.4, -0.2) is 82.5 Å². The van der Waals surface area contributed by atoms with Crippen LogP contribution in [0.4, 0.5) is 0 Å². The molecular formula is C22H28N4O13. The lowest BCUT2D eigenvalue weighted by Crippen LogP contribution is -2.53. The third-order valence-electron chi connectivity index (χ3n) is 4.31. The van der Waals surface area contributed by atoms with Gasteiger partial charge in [0, 0.05) is 46.9 Å². The first kappa shape index (κ1) is 32.2. The normalized spacial score (nSPS) is 13.8. The van der Waals surface area contributed by atoms with Crippen LogP contribution in [0, 0.1) is 0 Å². The minimum atomic E-state index is -1.72. The number of ether oxygens (including phenoxy) is 5. The van der Waals surface area contributed by atoms with Crippen LogP contribution in [0.3, 0.4) is 0 Å². The van der Waals surface area contributed by atoms with Crippen LogP contribution in [0.25, 0.3) is 0 Å². The number of esters is 5. The van der Waals surface area contributed by atoms with Gasteiger partial charge >= 0.3 is 35.5 Å². The van der Waals surface area contributed by atoms with E-state index < -0.39 is 84.6 Å². The molecular weight excluding hydrogens is 528 g/mol. The van der Waals surface area contributed by atoms with Crippen molar-refractivity contribution in [1.82, 2.24) is 15.0 Å². The molecule has 0 spiro atoms. The maximum atomic E-state index is 12.2. The van der Waals surface area contributed by atoms with E-state index in [0.29, 0.717) is 0 Å². The van der Waals surface area contributed by atoms with Crippen molar-refractivity contribution in [3.8, 4) is 0 Å². The third-order valence-corrected chi connectivity index (χ3v) is 4.31. The molecule has 39 heavy (non-hydrogen) atoms. The lowest BCUT2D eigenvalue weighted by Gasteiger charge is -2.34. The van der Waals surface area contributed by atoms with Gasteiger partial charge < -0.3 is 23.7 Å². The molecule has 1 aromatic rings. The summed E-state index contributed by atoms with van der Waals surface area (Å²) in [6.07, 6.45) is -4.71. The van der Waals surface area contributed by atoms with Gasteiger partial charge in [0.05, 0.1) is 6.21 Å². The highest BCUT2D eigenvalue weighted by Crippen LogP contribution is 2.19. The van der Waals surface area contributed by atoms with Crippen molar-refractivity contribution in [2.24, 2.45) is 5.10 Å². The summed E-state index contributed by atoms with van der Waals surface area (Å²) in [5.41, 5.74) is 0.524. The van der Waals surface area contributed by atoms with Crippen LogP contribution in [0.1, 0.15) is 34.6 Å². The molecule has 0 radical (unpaired) electrons. The van der Waals surface area contributed by atoms with Crippen LogP contribution in [0.15, 0.2) is 27.0 Å². The van der Waals surface area contributed by atoms with E-state index >= 15 is 0 Å². The van der Waals surface area contributed by atoms with E-state index in [2.05, 4.69) is 10.5 Å². The second kappa shape index (κ2) is 15.4. The number of H-pyrrole nitrogens is 1. The zero-order valence-corrected chi connectivity index (χ0v) is 21.7. The zero-order valence-electron chi connectivity index (χ0n) is 21.7. The van der Waals surface area contributed by atoms with Crippen molar-refractivity contribution in [1.29, 1.82) is 0 Å². The Morgan fingerprint density at radius 1 is 0.872 bits per heavy atom. The summed E-state index contributed by atoms with van der Waals surface area (Å²) in [4.78, 5) is 95.7. The van der Waals surface area contributed by atoms with Gasteiger partial charge in [0.25, 0.3) is 11.5 Å². The van der Waals surface area contributed by atoms with Gasteiger partial charge in [-0.05, 0) is 0 Å². The summed E-state index contributed by atoms with van der Waals surface area (Å²) in [5, 5.41) is 3.64. The van der Waals surface area contributed by atoms with Gasteiger partial charge in [0.1, 0.15) is 13.2 Å². The van der Waals surface area contributed by atoms with Crippen molar-refractivity contribution >= 4 is 42.0 Å². The Morgan fingerprint density at radius 3 is 1.95 bits per heavy atom. The minimum absolute atomic E-state index is 0.564. The van der Waals surface area contributed by atoms with E-state index in [-0.39, 0.29) is 0 Å². The molecule has 4 atom stereocenters. The fourth-order valence-electron chi connectivity index (χ4n) is 2.98. The maximum Gasteiger partial charge on any atom is 0.328 e. The Labute approximate surface area is 220 Å². The number of carbonyl (C=O) groups excluding carboxylic acids is 6. The Bertz CT molecular complexity index is 1220. The monoisotopic (exact) mass is 556 g/mol. The number of rotatable bonds is 13. The predicted octanol–water partition coefficient (Wildman–Crippen LogP) is -2.07. The predicted molar refractivity (Wildman–Crippen MR) is 127 cm³/mol. The molecule has 17 heteroatoms. The van der Waals surface area contributed by atoms with Crippen LogP contribution < -0.4 is 16.7 Å². The standard InChI is InChI=1S/C22H28N4O13/c1-11(27)35-10-17(37-13(3)29)21(39-15(5)31)20(38-14(4)30)16(36-12(2)28)8-23-25-19(33)9-26-7-6-18(32)24-22(26)34/h6-8,16-17,20-21H,9-10H2,1-5H3,(H,25,33)(H,24,32,34)/b23-8+/t16-,17-,20-,21-/m1/s1. The lowest BCUT2D eigenvalue weighted by atomic mass is 10.0. The van der Waals surface area contributed by atoms with Crippen LogP contribution in [0.5, 0.6) is 0 Å². The smallest absolute Gasteiger partial charge is 0.328 e. The first-order chi connectivity index (χ1) is 18.2. The molecule has 1 heterocycles. The Morgan fingerprint density at radius 2 is 1.44 bits per heavy atom. The summed E-state index contributed by atoms with van der Waals surface area (Å²) in [5.74, 6) is -5.31. The van der Waals surface area contributed by atoms with Crippen molar-refractivity contribution in [2.45, 2.75) is 65.6 Å². The van der Waals surface area contributed by atoms with Gasteiger partial charge in [-0.2, -0.15) is 5.10 Å². The molecule has 1 amide bonds. The number of amides is 1. The number of hydrogen-bond acceptors (Lipinski definition) is 14. The third kappa shape index (κ3) is 12.3. The summed E-state index contributed by atoms with van der Waals surface area (Å²) in [7, 11) is 0. The number of aromatic nitrogens is 2. The molecule has 214 valence electrons. The van der Waals surface area contributed by atoms with Crippen molar-refractivity contribution < 1.29 is 52.5 Å². The summed E-state index contributed by atoms with van der Waals surface area (Å²) in [6, 6.07) is 1.02. The van der Waals surface area contributed by atoms with Crippen LogP contribution in [0.2, 0.25) is 0 Å². The average molecular weight is 556 g/mol. The Hall–Kier alpha value is -4.83. The van der Waals surface area contributed by atoms with Crippen LogP contribution >= 0.6 is 0 Å². The fourth-order valence-corrected chi connectivity index (χ4v) is 2.98. The molecule has 1 rings (SSSR count). The average Bonchev–Trinajstić information content (AvgIpc) is 2.79. The molecule has 0 fully saturated rings. The number of hydrogen-bond donors (Lipinski definition) is 2. The molecule has 0 bridgehead atoms. The highest BCUT2D eigenvalue weighted by molar-refractivity contribution is 5.78. The van der Waals surface area contributed by atoms with E-state index in [1.807, 2.05) is 4.98 Å². The molecule has 0 aromatic carbocycles. The van der Waals surface area contributed by atoms with Gasteiger partial charge in [-0.1, -0.05) is 0 Å². The first-order valence-electron chi connectivity index (χ1n) is 11.1. The highest BCUT2D eigenvalue weighted by atomic mass is 16.6. The van der Waals surface area contributed by atoms with E-state index in [4.69, 9.17) is 23.7 Å². The molecule has 0 saturated carbocycles. The van der Waals surface area contributed by atoms with E-state index in [9.17, 15) is 38.4 Å². The summed E-state index contributed by atoms with van der Waals surface area (Å²) in [6.45, 7) is 3.84. The van der Waals surface area contributed by atoms with Crippen molar-refractivity contribution in [2.75, 3.05) is 6.61 Å². The Balaban J connectivity index is 3.35. The topological polar surface area (TPSA) is 228 Å². The molecule has 0 aliphatic heterocycles. The number of aromatic amines is 1. The minimum Gasteiger partial charge on any atom is -0.462 e. The van der Waals surface area contributed by atoms with Gasteiger partial charge in [-0.25, -0.2) is 10.2 Å². The summed E-state index contributed by atoms with van der Waals surface area (Å²) >= 11 is 0. The summed E-state index contributed by atoms with van der Waals surface area (Å²) < 4.78 is 26.4. The van der Waals surface area contributed by atoms with E-state index in [1.54, 1.807) is 0 Å². The molecule has 0 unspecified atom stereocenters. The number of nitrogens with one attached hydrogen (secondary N) is 2. The SMILES string of the molecule is CC(=O)OC[C@@H](OC(C)=O)[C@@H](OC(C)=O)[C@H](OC(C)=O)[C@@H](/C=N/NC(=O)Cn1ccc(=O)[nH]c1=O)OC(C)=O. The molecule has 0 aliphatic rings. The molecule has 17 nitrogen and oxygen atoms in total. The van der Waals surface area contributed by atoms with E-state index in [0.717, 1.165) is 57.7 Å². The Kier molecular flexibility index (Phi) is 12.7. The fraction of sp³-hybridized carbons (Fsp3) is 0.500. The largest absolute Gasteiger partial charge is 0.462 e. The molecule has 2 N–H and O–H groups in total. The van der Waals surface area contributed by atoms with Crippen LogP contribution in [-0.2, 0) is 59.0 Å². The van der Waals surface area contributed by atoms with Crippen molar-refractivity contribution in [3.63, 3.8) is 0 Å². The molecule has 0 aliphatic carbocycles. The highest BCUT2D eigenvalue weighted by Gasteiger charge is 2.43.